The Labute approximate surface area is 164 Å². The molecule has 0 bridgehead atoms. The van der Waals surface area contributed by atoms with E-state index in [1.54, 1.807) is 11.7 Å². The van der Waals surface area contributed by atoms with E-state index in [2.05, 4.69) is 10.00 Å². The number of ether oxygens (including phenoxy) is 1. The number of nitrogens with one attached hydrogen (secondary N) is 2. The number of nitrogen functional groups attached to an aromatic ring is 1. The second kappa shape index (κ2) is 7.81. The van der Waals surface area contributed by atoms with Gasteiger partial charge in [0.05, 0.1) is 24.1 Å². The van der Waals surface area contributed by atoms with E-state index in [0.717, 1.165) is 37.4 Å². The number of aryl methyl sites for hydroxylation is 1. The predicted molar refractivity (Wildman–Crippen MR) is 111 cm³/mol. The summed E-state index contributed by atoms with van der Waals surface area (Å²) in [6, 6.07) is 4.41. The van der Waals surface area contributed by atoms with Crippen LogP contribution in [0.15, 0.2) is 24.4 Å². The number of nitrogens with zero attached hydrogens (tertiary/aromatic N) is 3. The van der Waals surface area contributed by atoms with Gasteiger partial charge in [0.15, 0.2) is 5.82 Å². The highest BCUT2D eigenvalue weighted by Crippen LogP contribution is 2.26. The summed E-state index contributed by atoms with van der Waals surface area (Å²) in [6.07, 6.45) is 2.22. The third kappa shape index (κ3) is 3.61. The lowest BCUT2D eigenvalue weighted by molar-refractivity contribution is 0.0529. The normalized spacial score (nSPS) is 17.6. The van der Waals surface area contributed by atoms with E-state index in [4.69, 9.17) is 27.0 Å². The Morgan fingerprint density at radius 3 is 2.79 bits per heavy atom. The molecule has 0 radical (unpaired) electrons. The number of hydrogen-bond acceptors (Lipinski definition) is 7. The summed E-state index contributed by atoms with van der Waals surface area (Å²) < 4.78 is 21.5. The maximum Gasteiger partial charge on any atom is 0.151 e. The molecule has 1 aromatic carbocycles. The molecule has 2 heterocycles. The van der Waals surface area contributed by atoms with Gasteiger partial charge in [-0.3, -0.25) is 10.1 Å². The number of hydrogen-bond donors (Lipinski definition) is 4. The fourth-order valence-electron chi connectivity index (χ4n) is 3.25. The van der Waals surface area contributed by atoms with Crippen molar-refractivity contribution in [3.8, 4) is 0 Å². The van der Waals surface area contributed by atoms with E-state index in [1.165, 1.54) is 6.07 Å². The molecule has 0 saturated carbocycles. The third-order valence-electron chi connectivity index (χ3n) is 4.74. The van der Waals surface area contributed by atoms with Crippen LogP contribution in [0.3, 0.4) is 0 Å². The summed E-state index contributed by atoms with van der Waals surface area (Å²) in [5.41, 5.74) is 12.9. The molecule has 9 heteroatoms. The largest absolute Gasteiger partial charge is 0.404 e. The fourth-order valence-corrected chi connectivity index (χ4v) is 3.25. The molecule has 1 fully saturated rings. The van der Waals surface area contributed by atoms with Crippen LogP contribution in [-0.2, 0) is 11.8 Å². The molecular formula is C19H26FN7O. The standard InChI is InChI=1S/C19H24FN7O.H2/c1-11-10-27(3-4-28-11)18-7-17(26(2)25-18)19(24)14-5-13(12(8-21)9-22)15(20)6-16(14)23;/h5-9,11,21,24H,3-4,10,22-23H2,1-2H3;1H/b12-9+,21-8?,24-19?;/t11-;/m1./s1. The molecule has 2 aromatic rings. The van der Waals surface area contributed by atoms with Gasteiger partial charge in [0, 0.05) is 62.4 Å². The molecule has 28 heavy (non-hydrogen) atoms. The van der Waals surface area contributed by atoms with Gasteiger partial charge in [0.25, 0.3) is 0 Å². The maximum absolute atomic E-state index is 14.3. The van der Waals surface area contributed by atoms with Crippen molar-refractivity contribution in [3.05, 3.63) is 47.0 Å². The molecule has 6 N–H and O–H groups in total. The van der Waals surface area contributed by atoms with Crippen LogP contribution in [-0.4, -0.2) is 47.5 Å². The number of allylic oxidation sites excluding steroid dienone is 1. The first-order valence-corrected chi connectivity index (χ1v) is 8.87. The van der Waals surface area contributed by atoms with Crippen molar-refractivity contribution in [1.82, 2.24) is 9.78 Å². The Kier molecular flexibility index (Phi) is 5.46. The summed E-state index contributed by atoms with van der Waals surface area (Å²) in [4.78, 5) is 2.11. The first-order chi connectivity index (χ1) is 13.3. The van der Waals surface area contributed by atoms with Crippen molar-refractivity contribution in [2.75, 3.05) is 30.3 Å². The summed E-state index contributed by atoms with van der Waals surface area (Å²) in [5.74, 6) is 0.155. The molecular weight excluding hydrogens is 361 g/mol. The SMILES string of the molecule is C[C@@H]1CN(c2cc(C(=N)c3cc(/C(C=N)=C/N)c(F)cc3N)n(C)n2)CCO1.[HH]. The molecule has 8 nitrogen and oxygen atoms in total. The third-order valence-corrected chi connectivity index (χ3v) is 4.74. The summed E-state index contributed by atoms with van der Waals surface area (Å²) >= 11 is 0. The minimum Gasteiger partial charge on any atom is -0.404 e. The monoisotopic (exact) mass is 387 g/mol. The second-order valence-electron chi connectivity index (χ2n) is 6.70. The number of rotatable bonds is 5. The topological polar surface area (TPSA) is 130 Å². The predicted octanol–water partition coefficient (Wildman–Crippen LogP) is 1.98. The molecule has 3 rings (SSSR count). The lowest BCUT2D eigenvalue weighted by Gasteiger charge is -2.31. The number of halogens is 1. The minimum absolute atomic E-state index is 0. The van der Waals surface area contributed by atoms with Gasteiger partial charge in [-0.2, -0.15) is 5.10 Å². The van der Waals surface area contributed by atoms with Crippen LogP contribution in [0.1, 0.15) is 25.2 Å². The zero-order chi connectivity index (χ0) is 20.4. The average molecular weight is 387 g/mol. The zero-order valence-corrected chi connectivity index (χ0v) is 15.9. The molecule has 0 aliphatic carbocycles. The Morgan fingerprint density at radius 1 is 1.39 bits per heavy atom. The molecule has 1 aliphatic rings. The highest BCUT2D eigenvalue weighted by atomic mass is 19.1. The fraction of sp³-hybridized carbons (Fsp3) is 0.316. The Bertz CT molecular complexity index is 956. The average Bonchev–Trinajstić information content (AvgIpc) is 3.05. The maximum atomic E-state index is 14.3. The van der Waals surface area contributed by atoms with Crippen LogP contribution in [0.4, 0.5) is 15.9 Å². The van der Waals surface area contributed by atoms with Gasteiger partial charge in [-0.05, 0) is 19.1 Å². The molecule has 1 aliphatic heterocycles. The lowest BCUT2D eigenvalue weighted by Crippen LogP contribution is -2.41. The molecule has 150 valence electrons. The highest BCUT2D eigenvalue weighted by Gasteiger charge is 2.22. The Balaban J connectivity index is 0.00000300. The molecule has 0 unspecified atom stereocenters. The van der Waals surface area contributed by atoms with Crippen LogP contribution in [0.25, 0.3) is 5.57 Å². The van der Waals surface area contributed by atoms with Crippen molar-refractivity contribution in [1.29, 1.82) is 10.8 Å². The molecule has 1 aromatic heterocycles. The van der Waals surface area contributed by atoms with Crippen molar-refractivity contribution in [3.63, 3.8) is 0 Å². The Hall–Kier alpha value is -3.20. The van der Waals surface area contributed by atoms with Gasteiger partial charge < -0.3 is 26.5 Å². The van der Waals surface area contributed by atoms with Crippen molar-refractivity contribution in [2.45, 2.75) is 13.0 Å². The van der Waals surface area contributed by atoms with Crippen molar-refractivity contribution < 1.29 is 10.6 Å². The van der Waals surface area contributed by atoms with Gasteiger partial charge in [-0.15, -0.1) is 0 Å². The van der Waals surface area contributed by atoms with Crippen molar-refractivity contribution >= 4 is 29.0 Å². The number of nitrogens with two attached hydrogens (primary N) is 2. The number of anilines is 2. The minimum atomic E-state index is -0.595. The van der Waals surface area contributed by atoms with E-state index in [0.29, 0.717) is 17.9 Å². The first-order valence-electron chi connectivity index (χ1n) is 8.87. The van der Waals surface area contributed by atoms with E-state index in [1.807, 2.05) is 13.0 Å². The molecule has 1 atom stereocenters. The smallest absolute Gasteiger partial charge is 0.151 e. The van der Waals surface area contributed by atoms with E-state index >= 15 is 0 Å². The summed E-state index contributed by atoms with van der Waals surface area (Å²) in [6.45, 7) is 4.07. The number of aromatic nitrogens is 2. The van der Waals surface area contributed by atoms with Crippen LogP contribution in [0.5, 0.6) is 0 Å². The van der Waals surface area contributed by atoms with Crippen LogP contribution in [0, 0.1) is 16.6 Å². The van der Waals surface area contributed by atoms with Crippen LogP contribution in [0.2, 0.25) is 0 Å². The molecule has 0 spiro atoms. The van der Waals surface area contributed by atoms with Gasteiger partial charge in [-0.25, -0.2) is 4.39 Å². The van der Waals surface area contributed by atoms with Crippen molar-refractivity contribution in [2.24, 2.45) is 12.8 Å². The first kappa shape index (κ1) is 19.6. The summed E-state index contributed by atoms with van der Waals surface area (Å²) in [5, 5.41) is 20.5. The summed E-state index contributed by atoms with van der Waals surface area (Å²) in [7, 11) is 1.75. The number of morpholine rings is 1. The molecule has 0 amide bonds. The van der Waals surface area contributed by atoms with Gasteiger partial charge in [0.1, 0.15) is 5.82 Å². The lowest BCUT2D eigenvalue weighted by atomic mass is 9.98. The van der Waals surface area contributed by atoms with E-state index in [-0.39, 0.29) is 30.1 Å². The van der Waals surface area contributed by atoms with E-state index in [9.17, 15) is 4.39 Å². The van der Waals surface area contributed by atoms with Crippen LogP contribution < -0.4 is 16.4 Å². The van der Waals surface area contributed by atoms with E-state index < -0.39 is 5.82 Å². The quantitative estimate of drug-likeness (QED) is 0.460. The zero-order valence-electron chi connectivity index (χ0n) is 15.9. The highest BCUT2D eigenvalue weighted by molar-refractivity contribution is 6.15. The van der Waals surface area contributed by atoms with Gasteiger partial charge >= 0.3 is 0 Å². The van der Waals surface area contributed by atoms with Crippen LogP contribution >= 0.6 is 0 Å². The van der Waals surface area contributed by atoms with Gasteiger partial charge in [-0.1, -0.05) is 0 Å². The second-order valence-corrected chi connectivity index (χ2v) is 6.70. The molecule has 1 saturated heterocycles. The Morgan fingerprint density at radius 2 is 2.14 bits per heavy atom. The number of benzene rings is 1. The van der Waals surface area contributed by atoms with Gasteiger partial charge in [0.2, 0.25) is 0 Å².